The zero-order chi connectivity index (χ0) is 20.3. The van der Waals surface area contributed by atoms with E-state index in [2.05, 4.69) is 17.6 Å². The lowest BCUT2D eigenvalue weighted by Gasteiger charge is -2.18. The molecule has 0 bridgehead atoms. The van der Waals surface area contributed by atoms with Crippen LogP contribution in [-0.4, -0.2) is 24.5 Å². The Labute approximate surface area is 172 Å². The average molecular weight is 421 g/mol. The van der Waals surface area contributed by atoms with Gasteiger partial charge in [0.2, 0.25) is 0 Å². The summed E-state index contributed by atoms with van der Waals surface area (Å²) < 4.78 is 4.81. The summed E-state index contributed by atoms with van der Waals surface area (Å²) in [6.07, 6.45) is 1.73. The first-order chi connectivity index (χ1) is 13.4. The fourth-order valence-corrected chi connectivity index (χ4v) is 4.71. The van der Waals surface area contributed by atoms with Gasteiger partial charge in [0.1, 0.15) is 5.00 Å². The predicted octanol–water partition coefficient (Wildman–Crippen LogP) is 4.66. The quantitative estimate of drug-likeness (QED) is 0.753. The molecule has 0 fully saturated rings. The lowest BCUT2D eigenvalue weighted by molar-refractivity contribution is 0.0925. The highest BCUT2D eigenvalue weighted by molar-refractivity contribution is 7.17. The number of benzene rings is 1. The second-order valence-corrected chi connectivity index (χ2v) is 8.23. The van der Waals surface area contributed by atoms with E-state index >= 15 is 0 Å². The minimum absolute atomic E-state index is 0.165. The van der Waals surface area contributed by atoms with E-state index in [1.807, 2.05) is 0 Å². The van der Waals surface area contributed by atoms with Crippen LogP contribution in [0.5, 0.6) is 0 Å². The normalized spacial score (nSPS) is 15.5. The Morgan fingerprint density at radius 2 is 1.93 bits per heavy atom. The molecule has 0 unspecified atom stereocenters. The van der Waals surface area contributed by atoms with E-state index in [0.29, 0.717) is 27.1 Å². The fourth-order valence-electron chi connectivity index (χ4n) is 3.18. The topological polar surface area (TPSA) is 84.5 Å². The van der Waals surface area contributed by atoms with E-state index < -0.39 is 12.0 Å². The molecule has 1 aromatic heterocycles. The molecule has 28 heavy (non-hydrogen) atoms. The van der Waals surface area contributed by atoms with Gasteiger partial charge in [-0.25, -0.2) is 4.79 Å². The van der Waals surface area contributed by atoms with Gasteiger partial charge in [0.25, 0.3) is 11.8 Å². The number of imide groups is 1. The fraction of sp³-hybridized carbons (Fsp3) is 0.350. The largest absolute Gasteiger partial charge is 0.450 e. The minimum Gasteiger partial charge on any atom is -0.450 e. The number of rotatable bonds is 4. The first kappa shape index (κ1) is 20.4. The maximum Gasteiger partial charge on any atom is 0.414 e. The summed E-state index contributed by atoms with van der Waals surface area (Å²) in [5, 5.41) is 6.05. The molecule has 1 heterocycles. The molecule has 1 aliphatic carbocycles. The zero-order valence-corrected chi connectivity index (χ0v) is 17.2. The summed E-state index contributed by atoms with van der Waals surface area (Å²) in [6.45, 7) is 3.99. The SMILES string of the molecule is CCOC(=O)NC(=O)c1c(NC(=O)c2ccc(Cl)cc2)sc2c1CC[C@@H](C)C2. The van der Waals surface area contributed by atoms with E-state index in [1.54, 1.807) is 31.2 Å². The second-order valence-electron chi connectivity index (χ2n) is 6.69. The highest BCUT2D eigenvalue weighted by Crippen LogP contribution is 2.39. The molecule has 8 heteroatoms. The highest BCUT2D eigenvalue weighted by atomic mass is 35.5. The van der Waals surface area contributed by atoms with Gasteiger partial charge in [0.05, 0.1) is 12.2 Å². The van der Waals surface area contributed by atoms with Gasteiger partial charge in [-0.3, -0.25) is 14.9 Å². The van der Waals surface area contributed by atoms with Crippen molar-refractivity contribution in [3.8, 4) is 0 Å². The van der Waals surface area contributed by atoms with Gasteiger partial charge in [-0.15, -0.1) is 11.3 Å². The molecule has 2 N–H and O–H groups in total. The Morgan fingerprint density at radius 1 is 1.21 bits per heavy atom. The Hall–Kier alpha value is -2.38. The molecule has 1 atom stereocenters. The average Bonchev–Trinajstić information content (AvgIpc) is 2.99. The maximum absolute atomic E-state index is 12.8. The van der Waals surface area contributed by atoms with Crippen LogP contribution < -0.4 is 10.6 Å². The number of anilines is 1. The van der Waals surface area contributed by atoms with Crippen molar-refractivity contribution in [1.82, 2.24) is 5.32 Å². The number of hydrogen-bond donors (Lipinski definition) is 2. The van der Waals surface area contributed by atoms with Crippen LogP contribution in [0.2, 0.25) is 5.02 Å². The van der Waals surface area contributed by atoms with Crippen LogP contribution in [0.3, 0.4) is 0 Å². The van der Waals surface area contributed by atoms with Crippen molar-refractivity contribution in [3.63, 3.8) is 0 Å². The van der Waals surface area contributed by atoms with Crippen molar-refractivity contribution < 1.29 is 19.1 Å². The van der Waals surface area contributed by atoms with Crippen molar-refractivity contribution in [1.29, 1.82) is 0 Å². The number of halogens is 1. The van der Waals surface area contributed by atoms with Crippen molar-refractivity contribution in [2.45, 2.75) is 33.1 Å². The van der Waals surface area contributed by atoms with Gasteiger partial charge in [-0.1, -0.05) is 18.5 Å². The molecule has 2 aromatic rings. The molecule has 0 saturated carbocycles. The first-order valence-electron chi connectivity index (χ1n) is 9.08. The van der Waals surface area contributed by atoms with Crippen molar-refractivity contribution >= 4 is 45.8 Å². The van der Waals surface area contributed by atoms with Crippen LogP contribution >= 0.6 is 22.9 Å². The Bertz CT molecular complexity index is 908. The van der Waals surface area contributed by atoms with E-state index in [-0.39, 0.29) is 12.5 Å². The van der Waals surface area contributed by atoms with Gasteiger partial charge < -0.3 is 10.1 Å². The monoisotopic (exact) mass is 420 g/mol. The highest BCUT2D eigenvalue weighted by Gasteiger charge is 2.29. The molecular formula is C20H21ClN2O4S. The molecule has 0 aliphatic heterocycles. The number of carbonyl (C=O) groups is 3. The number of hydrogen-bond acceptors (Lipinski definition) is 5. The molecule has 0 saturated heterocycles. The third-order valence-corrected chi connectivity index (χ3v) is 5.98. The molecule has 0 radical (unpaired) electrons. The molecule has 0 spiro atoms. The Kier molecular flexibility index (Phi) is 6.36. The molecule has 3 amide bonds. The third kappa shape index (κ3) is 4.54. The van der Waals surface area contributed by atoms with Gasteiger partial charge in [0.15, 0.2) is 0 Å². The van der Waals surface area contributed by atoms with Crippen LogP contribution in [0.15, 0.2) is 24.3 Å². The van der Waals surface area contributed by atoms with E-state index in [1.165, 1.54) is 11.3 Å². The van der Waals surface area contributed by atoms with Crippen LogP contribution in [-0.2, 0) is 17.6 Å². The smallest absolute Gasteiger partial charge is 0.414 e. The molecule has 1 aliphatic rings. The van der Waals surface area contributed by atoms with E-state index in [9.17, 15) is 14.4 Å². The van der Waals surface area contributed by atoms with Crippen molar-refractivity contribution in [3.05, 3.63) is 50.9 Å². The van der Waals surface area contributed by atoms with Crippen molar-refractivity contribution in [2.75, 3.05) is 11.9 Å². The van der Waals surface area contributed by atoms with Crippen LogP contribution in [0.1, 0.15) is 51.4 Å². The summed E-state index contributed by atoms with van der Waals surface area (Å²) in [5.74, 6) is -0.391. The number of thiophene rings is 1. The van der Waals surface area contributed by atoms with Crippen LogP contribution in [0.25, 0.3) is 0 Å². The van der Waals surface area contributed by atoms with E-state index in [0.717, 1.165) is 29.7 Å². The number of alkyl carbamates (subject to hydrolysis) is 1. The Balaban J connectivity index is 1.91. The molecule has 3 rings (SSSR count). The number of amides is 3. The van der Waals surface area contributed by atoms with Crippen LogP contribution in [0.4, 0.5) is 9.80 Å². The lowest BCUT2D eigenvalue weighted by Crippen LogP contribution is -2.32. The predicted molar refractivity (Wildman–Crippen MR) is 109 cm³/mol. The van der Waals surface area contributed by atoms with Crippen LogP contribution in [0, 0.1) is 5.92 Å². The van der Waals surface area contributed by atoms with Crippen molar-refractivity contribution in [2.24, 2.45) is 5.92 Å². The number of fused-ring (bicyclic) bond motifs is 1. The van der Waals surface area contributed by atoms with Gasteiger partial charge in [-0.05, 0) is 61.9 Å². The lowest BCUT2D eigenvalue weighted by atomic mass is 9.88. The summed E-state index contributed by atoms with van der Waals surface area (Å²) in [7, 11) is 0. The van der Waals surface area contributed by atoms with Gasteiger partial charge in [0, 0.05) is 15.5 Å². The summed E-state index contributed by atoms with van der Waals surface area (Å²) in [6, 6.07) is 6.50. The third-order valence-electron chi connectivity index (χ3n) is 4.56. The Morgan fingerprint density at radius 3 is 2.61 bits per heavy atom. The van der Waals surface area contributed by atoms with E-state index in [4.69, 9.17) is 16.3 Å². The molecule has 6 nitrogen and oxygen atoms in total. The number of ether oxygens (including phenoxy) is 1. The number of carbonyl (C=O) groups excluding carboxylic acids is 3. The minimum atomic E-state index is -0.799. The second kappa shape index (κ2) is 8.75. The maximum atomic E-state index is 12.8. The number of nitrogens with one attached hydrogen (secondary N) is 2. The zero-order valence-electron chi connectivity index (χ0n) is 15.6. The summed E-state index contributed by atoms with van der Waals surface area (Å²) in [5.41, 5.74) is 1.68. The standard InChI is InChI=1S/C20H21ClN2O4S/c1-3-27-20(26)23-18(25)16-14-9-4-11(2)10-15(14)28-19(16)22-17(24)12-5-7-13(21)8-6-12/h5-8,11H,3-4,9-10H2,1-2H3,(H,22,24)(H,23,25,26)/t11-/m1/s1. The van der Waals surface area contributed by atoms with Gasteiger partial charge >= 0.3 is 6.09 Å². The molecule has 148 valence electrons. The van der Waals surface area contributed by atoms with Gasteiger partial charge in [-0.2, -0.15) is 0 Å². The molecule has 1 aromatic carbocycles. The molecular weight excluding hydrogens is 400 g/mol. The first-order valence-corrected chi connectivity index (χ1v) is 10.3. The summed E-state index contributed by atoms with van der Waals surface area (Å²) >= 11 is 7.26. The summed E-state index contributed by atoms with van der Waals surface area (Å²) in [4.78, 5) is 38.2.